The fourth-order valence-corrected chi connectivity index (χ4v) is 3.30. The van der Waals surface area contributed by atoms with E-state index in [0.717, 1.165) is 31.2 Å². The Bertz CT molecular complexity index is 689. The molecule has 0 saturated carbocycles. The van der Waals surface area contributed by atoms with E-state index < -0.39 is 10.0 Å². The molecule has 0 aliphatic rings. The lowest BCUT2D eigenvalue weighted by Gasteiger charge is -2.09. The summed E-state index contributed by atoms with van der Waals surface area (Å²) in [6.07, 6.45) is 4.23. The minimum atomic E-state index is -3.52. The molecular formula is C18H23NO2S. The summed E-state index contributed by atoms with van der Waals surface area (Å²) in [4.78, 5) is 0.291. The van der Waals surface area contributed by atoms with Gasteiger partial charge in [0.25, 0.3) is 10.0 Å². The average molecular weight is 317 g/mol. The van der Waals surface area contributed by atoms with Crippen molar-refractivity contribution < 1.29 is 8.42 Å². The maximum atomic E-state index is 12.3. The van der Waals surface area contributed by atoms with Crippen molar-refractivity contribution in [3.63, 3.8) is 0 Å². The van der Waals surface area contributed by atoms with Crippen LogP contribution in [0.5, 0.6) is 0 Å². The number of hydrogen-bond acceptors (Lipinski definition) is 2. The zero-order valence-electron chi connectivity index (χ0n) is 13.2. The van der Waals surface area contributed by atoms with Gasteiger partial charge in [-0.05, 0) is 54.7 Å². The van der Waals surface area contributed by atoms with E-state index >= 15 is 0 Å². The highest BCUT2D eigenvalue weighted by atomic mass is 32.2. The molecule has 1 N–H and O–H groups in total. The average Bonchev–Trinajstić information content (AvgIpc) is 2.54. The Morgan fingerprint density at radius 2 is 1.45 bits per heavy atom. The van der Waals surface area contributed by atoms with Crippen molar-refractivity contribution in [2.24, 2.45) is 0 Å². The Morgan fingerprint density at radius 3 is 2.00 bits per heavy atom. The van der Waals surface area contributed by atoms with Gasteiger partial charge in [-0.15, -0.1) is 0 Å². The van der Waals surface area contributed by atoms with Gasteiger partial charge in [0.2, 0.25) is 0 Å². The molecule has 2 aromatic carbocycles. The van der Waals surface area contributed by atoms with Crippen molar-refractivity contribution in [1.29, 1.82) is 0 Å². The first-order chi connectivity index (χ1) is 10.5. The highest BCUT2D eigenvalue weighted by Gasteiger charge is 2.13. The molecule has 0 radical (unpaired) electrons. The van der Waals surface area contributed by atoms with E-state index in [9.17, 15) is 8.42 Å². The SMILES string of the molecule is CCCCc1ccc(NS(=O)(=O)c2ccc(CC)cc2)cc1. The minimum absolute atomic E-state index is 0.291. The Balaban J connectivity index is 2.10. The monoisotopic (exact) mass is 317 g/mol. The third kappa shape index (κ3) is 4.34. The van der Waals surface area contributed by atoms with Crippen LogP contribution in [-0.2, 0) is 22.9 Å². The molecular weight excluding hydrogens is 294 g/mol. The van der Waals surface area contributed by atoms with E-state index in [-0.39, 0.29) is 0 Å². The number of benzene rings is 2. The zero-order chi connectivity index (χ0) is 16.0. The lowest BCUT2D eigenvalue weighted by atomic mass is 10.1. The highest BCUT2D eigenvalue weighted by molar-refractivity contribution is 7.92. The zero-order valence-corrected chi connectivity index (χ0v) is 14.0. The summed E-state index contributed by atoms with van der Waals surface area (Å²) in [7, 11) is -3.52. The van der Waals surface area contributed by atoms with Crippen LogP contribution in [0.3, 0.4) is 0 Å². The summed E-state index contributed by atoms with van der Waals surface area (Å²) in [6.45, 7) is 4.20. The van der Waals surface area contributed by atoms with Gasteiger partial charge >= 0.3 is 0 Å². The Labute approximate surface area is 133 Å². The number of hydrogen-bond donors (Lipinski definition) is 1. The van der Waals surface area contributed by atoms with Gasteiger partial charge in [0.15, 0.2) is 0 Å². The molecule has 2 aromatic rings. The second kappa shape index (κ2) is 7.45. The Hall–Kier alpha value is -1.81. The summed E-state index contributed by atoms with van der Waals surface area (Å²) < 4.78 is 27.3. The highest BCUT2D eigenvalue weighted by Crippen LogP contribution is 2.18. The van der Waals surface area contributed by atoms with Gasteiger partial charge < -0.3 is 0 Å². The molecule has 0 heterocycles. The van der Waals surface area contributed by atoms with Crippen molar-refractivity contribution in [2.75, 3.05) is 4.72 Å². The van der Waals surface area contributed by atoms with Crippen molar-refractivity contribution in [2.45, 2.75) is 44.4 Å². The Morgan fingerprint density at radius 1 is 0.864 bits per heavy atom. The van der Waals surface area contributed by atoms with Crippen molar-refractivity contribution in [3.05, 3.63) is 59.7 Å². The Kier molecular flexibility index (Phi) is 5.61. The lowest BCUT2D eigenvalue weighted by molar-refractivity contribution is 0.601. The standard InChI is InChI=1S/C18H23NO2S/c1-3-5-6-16-7-11-17(12-8-16)19-22(20,21)18-13-9-15(4-2)10-14-18/h7-14,19H,3-6H2,1-2H3. The molecule has 0 atom stereocenters. The summed E-state index contributed by atoms with van der Waals surface area (Å²) >= 11 is 0. The second-order valence-corrected chi connectivity index (χ2v) is 7.09. The van der Waals surface area contributed by atoms with Crippen molar-refractivity contribution >= 4 is 15.7 Å². The molecule has 0 aliphatic carbocycles. The van der Waals surface area contributed by atoms with Gasteiger partial charge in [-0.1, -0.05) is 44.5 Å². The van der Waals surface area contributed by atoms with Crippen LogP contribution in [0.4, 0.5) is 5.69 Å². The molecule has 118 valence electrons. The maximum Gasteiger partial charge on any atom is 0.261 e. The van der Waals surface area contributed by atoms with Crippen LogP contribution >= 0.6 is 0 Å². The second-order valence-electron chi connectivity index (χ2n) is 5.40. The van der Waals surface area contributed by atoms with Crippen LogP contribution in [-0.4, -0.2) is 8.42 Å². The van der Waals surface area contributed by atoms with Crippen molar-refractivity contribution in [1.82, 2.24) is 0 Å². The van der Waals surface area contributed by atoms with E-state index in [1.54, 1.807) is 12.1 Å². The van der Waals surface area contributed by atoms with Crippen molar-refractivity contribution in [3.8, 4) is 0 Å². The van der Waals surface area contributed by atoms with E-state index in [4.69, 9.17) is 0 Å². The van der Waals surface area contributed by atoms with Gasteiger partial charge in [-0.3, -0.25) is 4.72 Å². The first-order valence-electron chi connectivity index (χ1n) is 7.76. The summed E-state index contributed by atoms with van der Waals surface area (Å²) in [6, 6.07) is 14.6. The summed E-state index contributed by atoms with van der Waals surface area (Å²) in [5, 5.41) is 0. The van der Waals surface area contributed by atoms with Crippen LogP contribution in [0.2, 0.25) is 0 Å². The molecule has 0 aromatic heterocycles. The van der Waals surface area contributed by atoms with Crippen LogP contribution in [0.25, 0.3) is 0 Å². The van der Waals surface area contributed by atoms with Gasteiger partial charge in [0, 0.05) is 5.69 Å². The number of sulfonamides is 1. The molecule has 0 spiro atoms. The van der Waals surface area contributed by atoms with Gasteiger partial charge in [0.1, 0.15) is 0 Å². The number of aryl methyl sites for hydroxylation is 2. The predicted molar refractivity (Wildman–Crippen MR) is 91.7 cm³/mol. The topological polar surface area (TPSA) is 46.2 Å². The van der Waals surface area contributed by atoms with E-state index in [1.807, 2.05) is 43.3 Å². The lowest BCUT2D eigenvalue weighted by Crippen LogP contribution is -2.12. The molecule has 0 saturated heterocycles. The third-order valence-corrected chi connectivity index (χ3v) is 5.06. The minimum Gasteiger partial charge on any atom is -0.280 e. The van der Waals surface area contributed by atoms with Gasteiger partial charge in [-0.25, -0.2) is 8.42 Å². The first kappa shape index (κ1) is 16.6. The molecule has 0 fully saturated rings. The molecule has 2 rings (SSSR count). The fraction of sp³-hybridized carbons (Fsp3) is 0.333. The number of anilines is 1. The van der Waals surface area contributed by atoms with Crippen LogP contribution in [0.15, 0.2) is 53.4 Å². The smallest absolute Gasteiger partial charge is 0.261 e. The van der Waals surface area contributed by atoms with E-state index in [0.29, 0.717) is 10.6 Å². The molecule has 0 bridgehead atoms. The van der Waals surface area contributed by atoms with Crippen LogP contribution in [0.1, 0.15) is 37.8 Å². The predicted octanol–water partition coefficient (Wildman–Crippen LogP) is 4.39. The van der Waals surface area contributed by atoms with Crippen LogP contribution in [0, 0.1) is 0 Å². The summed E-state index contributed by atoms with van der Waals surface area (Å²) in [5.41, 5.74) is 2.95. The van der Waals surface area contributed by atoms with Gasteiger partial charge in [-0.2, -0.15) is 0 Å². The quantitative estimate of drug-likeness (QED) is 0.823. The number of nitrogens with one attached hydrogen (secondary N) is 1. The molecule has 4 heteroatoms. The molecule has 0 unspecified atom stereocenters. The van der Waals surface area contributed by atoms with Crippen LogP contribution < -0.4 is 4.72 Å². The fourth-order valence-electron chi connectivity index (χ4n) is 2.24. The van der Waals surface area contributed by atoms with E-state index in [2.05, 4.69) is 11.6 Å². The number of unbranched alkanes of at least 4 members (excludes halogenated alkanes) is 1. The van der Waals surface area contributed by atoms with Gasteiger partial charge in [0.05, 0.1) is 4.90 Å². The normalized spacial score (nSPS) is 11.4. The maximum absolute atomic E-state index is 12.3. The third-order valence-electron chi connectivity index (χ3n) is 3.67. The molecule has 3 nitrogen and oxygen atoms in total. The molecule has 0 aliphatic heterocycles. The molecule has 0 amide bonds. The number of rotatable bonds is 7. The van der Waals surface area contributed by atoms with E-state index in [1.165, 1.54) is 5.56 Å². The molecule has 22 heavy (non-hydrogen) atoms. The largest absolute Gasteiger partial charge is 0.280 e. The summed E-state index contributed by atoms with van der Waals surface area (Å²) in [5.74, 6) is 0. The first-order valence-corrected chi connectivity index (χ1v) is 9.24.